The molecule has 1 saturated carbocycles. The van der Waals surface area contributed by atoms with Crippen LogP contribution in [0.3, 0.4) is 0 Å². The van der Waals surface area contributed by atoms with Crippen molar-refractivity contribution in [3.8, 4) is 0 Å². The Balaban J connectivity index is 1.94. The third kappa shape index (κ3) is 3.46. The van der Waals surface area contributed by atoms with Crippen LogP contribution in [0.1, 0.15) is 36.0 Å². The lowest BCUT2D eigenvalue weighted by Crippen LogP contribution is -2.38. The minimum atomic E-state index is -0.192. The average Bonchev–Trinajstić information content (AvgIpc) is 2.41. The summed E-state index contributed by atoms with van der Waals surface area (Å²) in [5.74, 6) is -0.0471. The Morgan fingerprint density at radius 3 is 2.83 bits per heavy atom. The number of rotatable bonds is 3. The number of aromatic nitrogens is 1. The van der Waals surface area contributed by atoms with E-state index >= 15 is 0 Å². The molecule has 2 N–H and O–H groups in total. The van der Waals surface area contributed by atoms with E-state index in [0.717, 1.165) is 30.7 Å². The number of amides is 1. The van der Waals surface area contributed by atoms with Gasteiger partial charge in [-0.3, -0.25) is 4.79 Å². The molecule has 1 amide bonds. The van der Waals surface area contributed by atoms with Crippen molar-refractivity contribution >= 4 is 17.7 Å². The number of nitrogens with zero attached hydrogens (tertiary/aromatic N) is 1. The van der Waals surface area contributed by atoms with Gasteiger partial charge < -0.3 is 10.4 Å². The van der Waals surface area contributed by atoms with Crippen molar-refractivity contribution < 1.29 is 9.90 Å². The Hall–Kier alpha value is -1.07. The van der Waals surface area contributed by atoms with Crippen molar-refractivity contribution in [3.63, 3.8) is 0 Å². The molecule has 1 heterocycles. The molecule has 2 rings (SSSR count). The minimum Gasteiger partial charge on any atom is -0.393 e. The topological polar surface area (TPSA) is 62.2 Å². The smallest absolute Gasteiger partial charge is 0.251 e. The van der Waals surface area contributed by atoms with Gasteiger partial charge >= 0.3 is 0 Å². The second-order valence-electron chi connectivity index (χ2n) is 4.57. The highest BCUT2D eigenvalue weighted by atomic mass is 32.2. The maximum atomic E-state index is 12.1. The molecule has 0 bridgehead atoms. The van der Waals surface area contributed by atoms with E-state index in [1.807, 2.05) is 6.26 Å². The Morgan fingerprint density at radius 2 is 2.17 bits per heavy atom. The molecular formula is C13H18N2O2S. The molecule has 18 heavy (non-hydrogen) atoms. The summed E-state index contributed by atoms with van der Waals surface area (Å²) in [6, 6.07) is 3.72. The Labute approximate surface area is 111 Å². The first-order valence-electron chi connectivity index (χ1n) is 6.18. The molecule has 0 unspecified atom stereocenters. The molecule has 0 radical (unpaired) electrons. The monoisotopic (exact) mass is 266 g/mol. The predicted octanol–water partition coefficient (Wildman–Crippen LogP) is 1.84. The van der Waals surface area contributed by atoms with Gasteiger partial charge in [-0.05, 0) is 44.1 Å². The standard InChI is InChI=1S/C13H18N2O2S/c1-18-12-8-9(6-7-14-12)13(17)15-10-2-4-11(16)5-3-10/h6-8,10-11,16H,2-5H2,1H3,(H,15,17). The summed E-state index contributed by atoms with van der Waals surface area (Å²) in [5, 5.41) is 13.3. The summed E-state index contributed by atoms with van der Waals surface area (Å²) in [5.41, 5.74) is 0.653. The molecule has 1 aliphatic carbocycles. The number of hydrogen-bond acceptors (Lipinski definition) is 4. The second kappa shape index (κ2) is 6.20. The first-order valence-corrected chi connectivity index (χ1v) is 7.40. The van der Waals surface area contributed by atoms with Gasteiger partial charge in [-0.25, -0.2) is 4.98 Å². The van der Waals surface area contributed by atoms with Gasteiger partial charge in [0.25, 0.3) is 5.91 Å². The van der Waals surface area contributed by atoms with Gasteiger partial charge in [0.1, 0.15) is 0 Å². The van der Waals surface area contributed by atoms with Crippen molar-refractivity contribution in [2.24, 2.45) is 0 Å². The zero-order valence-electron chi connectivity index (χ0n) is 10.4. The van der Waals surface area contributed by atoms with E-state index in [0.29, 0.717) is 5.56 Å². The van der Waals surface area contributed by atoms with Crippen LogP contribution in [0.5, 0.6) is 0 Å². The molecular weight excluding hydrogens is 248 g/mol. The molecule has 0 saturated heterocycles. The van der Waals surface area contributed by atoms with Crippen LogP contribution >= 0.6 is 11.8 Å². The zero-order chi connectivity index (χ0) is 13.0. The quantitative estimate of drug-likeness (QED) is 0.819. The Morgan fingerprint density at radius 1 is 1.44 bits per heavy atom. The van der Waals surface area contributed by atoms with Crippen LogP contribution < -0.4 is 5.32 Å². The highest BCUT2D eigenvalue weighted by Gasteiger charge is 2.21. The fourth-order valence-corrected chi connectivity index (χ4v) is 2.56. The van der Waals surface area contributed by atoms with Crippen molar-refractivity contribution in [3.05, 3.63) is 23.9 Å². The molecule has 4 nitrogen and oxygen atoms in total. The van der Waals surface area contributed by atoms with E-state index in [4.69, 9.17) is 0 Å². The number of thioether (sulfide) groups is 1. The predicted molar refractivity (Wildman–Crippen MR) is 71.7 cm³/mol. The molecule has 1 aliphatic rings. The normalized spacial score (nSPS) is 23.7. The number of aliphatic hydroxyl groups excluding tert-OH is 1. The van der Waals surface area contributed by atoms with Gasteiger partial charge in [-0.1, -0.05) is 0 Å². The van der Waals surface area contributed by atoms with Crippen LogP contribution in [-0.2, 0) is 0 Å². The first kappa shape index (κ1) is 13.4. The van der Waals surface area contributed by atoms with Crippen molar-refractivity contribution in [2.45, 2.75) is 42.9 Å². The van der Waals surface area contributed by atoms with Crippen LogP contribution in [0.2, 0.25) is 0 Å². The molecule has 0 aliphatic heterocycles. The highest BCUT2D eigenvalue weighted by Crippen LogP contribution is 2.19. The first-order chi connectivity index (χ1) is 8.69. The molecule has 1 aromatic heterocycles. The van der Waals surface area contributed by atoms with Gasteiger partial charge in [0.05, 0.1) is 11.1 Å². The van der Waals surface area contributed by atoms with E-state index in [-0.39, 0.29) is 18.1 Å². The molecule has 98 valence electrons. The zero-order valence-corrected chi connectivity index (χ0v) is 11.2. The van der Waals surface area contributed by atoms with E-state index in [1.54, 1.807) is 18.3 Å². The minimum absolute atomic E-state index is 0.0471. The van der Waals surface area contributed by atoms with Crippen LogP contribution in [0, 0.1) is 0 Å². The van der Waals surface area contributed by atoms with Gasteiger partial charge in [-0.2, -0.15) is 0 Å². The van der Waals surface area contributed by atoms with Crippen molar-refractivity contribution in [1.29, 1.82) is 0 Å². The second-order valence-corrected chi connectivity index (χ2v) is 5.39. The fraction of sp³-hybridized carbons (Fsp3) is 0.538. The van der Waals surface area contributed by atoms with Crippen LogP contribution in [0.4, 0.5) is 0 Å². The molecule has 0 spiro atoms. The number of carbonyl (C=O) groups is 1. The van der Waals surface area contributed by atoms with Gasteiger partial charge in [0.15, 0.2) is 0 Å². The van der Waals surface area contributed by atoms with Crippen molar-refractivity contribution in [2.75, 3.05) is 6.26 Å². The van der Waals surface area contributed by atoms with E-state index in [1.165, 1.54) is 11.8 Å². The van der Waals surface area contributed by atoms with Crippen LogP contribution in [0.25, 0.3) is 0 Å². The lowest BCUT2D eigenvalue weighted by Gasteiger charge is -2.26. The van der Waals surface area contributed by atoms with Crippen LogP contribution in [-0.4, -0.2) is 34.4 Å². The van der Waals surface area contributed by atoms with Crippen LogP contribution in [0.15, 0.2) is 23.4 Å². The third-order valence-electron chi connectivity index (χ3n) is 3.24. The summed E-state index contributed by atoms with van der Waals surface area (Å²) >= 11 is 1.52. The summed E-state index contributed by atoms with van der Waals surface area (Å²) in [7, 11) is 0. The maximum Gasteiger partial charge on any atom is 0.251 e. The fourth-order valence-electron chi connectivity index (χ4n) is 2.15. The summed E-state index contributed by atoms with van der Waals surface area (Å²) < 4.78 is 0. The van der Waals surface area contributed by atoms with Crippen molar-refractivity contribution in [1.82, 2.24) is 10.3 Å². The highest BCUT2D eigenvalue weighted by molar-refractivity contribution is 7.98. The number of pyridine rings is 1. The number of carbonyl (C=O) groups excluding carboxylic acids is 1. The number of hydrogen-bond donors (Lipinski definition) is 2. The molecule has 5 heteroatoms. The van der Waals surface area contributed by atoms with E-state index in [9.17, 15) is 9.90 Å². The Bertz CT molecular complexity index is 417. The number of aliphatic hydroxyl groups is 1. The summed E-state index contributed by atoms with van der Waals surface area (Å²) in [6.07, 6.45) is 6.66. The lowest BCUT2D eigenvalue weighted by atomic mass is 9.93. The third-order valence-corrected chi connectivity index (χ3v) is 3.88. The molecule has 1 fully saturated rings. The molecule has 0 atom stereocenters. The SMILES string of the molecule is CSc1cc(C(=O)NC2CCC(O)CC2)ccn1. The lowest BCUT2D eigenvalue weighted by molar-refractivity contribution is 0.0867. The van der Waals surface area contributed by atoms with E-state index < -0.39 is 0 Å². The van der Waals surface area contributed by atoms with Gasteiger partial charge in [-0.15, -0.1) is 11.8 Å². The maximum absolute atomic E-state index is 12.1. The number of nitrogens with one attached hydrogen (secondary N) is 1. The molecule has 1 aromatic rings. The summed E-state index contributed by atoms with van der Waals surface area (Å²) in [4.78, 5) is 16.2. The summed E-state index contributed by atoms with van der Waals surface area (Å²) in [6.45, 7) is 0. The van der Waals surface area contributed by atoms with Gasteiger partial charge in [0, 0.05) is 17.8 Å². The molecule has 0 aromatic carbocycles. The average molecular weight is 266 g/mol. The largest absolute Gasteiger partial charge is 0.393 e. The van der Waals surface area contributed by atoms with E-state index in [2.05, 4.69) is 10.3 Å². The Kier molecular flexibility index (Phi) is 4.60. The van der Waals surface area contributed by atoms with Gasteiger partial charge in [0.2, 0.25) is 0 Å².